The molecule has 0 bridgehead atoms. The Morgan fingerprint density at radius 2 is 2.11 bits per heavy atom. The van der Waals surface area contributed by atoms with Crippen LogP contribution in [-0.4, -0.2) is 38.6 Å². The molecule has 1 aliphatic heterocycles. The molecule has 28 heavy (non-hydrogen) atoms. The molecular weight excluding hydrogens is 360 g/mol. The molecule has 2 heterocycles. The average molecular weight is 380 g/mol. The fraction of sp³-hybridized carbons (Fsp3) is 0.300. The SMILES string of the molecule is CC(=O)NN(C(=O)c1cccnc1)C1c2cc(C#N)ccc2OC(C)(C)C1O. The molecular formula is C20H20N4O4. The number of pyridine rings is 1. The normalized spacial score (nSPS) is 19.5. The summed E-state index contributed by atoms with van der Waals surface area (Å²) in [6.45, 7) is 4.64. The smallest absolute Gasteiger partial charge is 0.274 e. The summed E-state index contributed by atoms with van der Waals surface area (Å²) in [7, 11) is 0. The van der Waals surface area contributed by atoms with Crippen molar-refractivity contribution in [1.82, 2.24) is 15.4 Å². The molecule has 0 saturated heterocycles. The number of amides is 2. The highest BCUT2D eigenvalue weighted by atomic mass is 16.5. The number of hydrazine groups is 1. The maximum atomic E-state index is 13.2. The zero-order valence-corrected chi connectivity index (χ0v) is 15.7. The molecule has 1 aromatic heterocycles. The van der Waals surface area contributed by atoms with E-state index in [1.165, 1.54) is 19.3 Å². The van der Waals surface area contributed by atoms with Gasteiger partial charge in [0.25, 0.3) is 5.91 Å². The van der Waals surface area contributed by atoms with Gasteiger partial charge in [-0.05, 0) is 44.2 Å². The number of hydrogen-bond acceptors (Lipinski definition) is 6. The Bertz CT molecular complexity index is 952. The standard InChI is InChI=1S/C20H20N4O4/c1-12(25)23-24(19(27)14-5-4-8-22-11-14)17-15-9-13(10-21)6-7-16(15)28-20(2,3)18(17)26/h4-9,11,17-18,26H,1-3H3,(H,23,25). The number of aliphatic hydroxyl groups excluding tert-OH is 1. The number of nitriles is 1. The van der Waals surface area contributed by atoms with Crippen molar-refractivity contribution < 1.29 is 19.4 Å². The summed E-state index contributed by atoms with van der Waals surface area (Å²) < 4.78 is 5.88. The van der Waals surface area contributed by atoms with Crippen molar-refractivity contribution in [1.29, 1.82) is 5.26 Å². The summed E-state index contributed by atoms with van der Waals surface area (Å²) in [6.07, 6.45) is 1.72. The van der Waals surface area contributed by atoms with E-state index in [0.717, 1.165) is 5.01 Å². The molecule has 8 nitrogen and oxygen atoms in total. The molecule has 3 rings (SSSR count). The highest BCUT2D eigenvalue weighted by Gasteiger charge is 2.47. The first-order valence-corrected chi connectivity index (χ1v) is 8.66. The third-order valence-electron chi connectivity index (χ3n) is 4.53. The van der Waals surface area contributed by atoms with Crippen LogP contribution in [0.15, 0.2) is 42.7 Å². The second kappa shape index (κ2) is 7.29. The first-order chi connectivity index (χ1) is 13.2. The van der Waals surface area contributed by atoms with E-state index < -0.39 is 29.6 Å². The highest BCUT2D eigenvalue weighted by molar-refractivity contribution is 5.95. The van der Waals surface area contributed by atoms with Gasteiger partial charge >= 0.3 is 0 Å². The molecule has 2 atom stereocenters. The van der Waals surface area contributed by atoms with E-state index in [0.29, 0.717) is 16.9 Å². The van der Waals surface area contributed by atoms with Crippen molar-refractivity contribution in [2.24, 2.45) is 0 Å². The average Bonchev–Trinajstić information content (AvgIpc) is 2.67. The second-order valence-electron chi connectivity index (χ2n) is 7.04. The molecule has 0 saturated carbocycles. The molecule has 8 heteroatoms. The van der Waals surface area contributed by atoms with Gasteiger partial charge in [-0.3, -0.25) is 20.0 Å². The Kier molecular flexibility index (Phi) is 5.03. The van der Waals surface area contributed by atoms with Gasteiger partial charge in [-0.15, -0.1) is 0 Å². The number of carbonyl (C=O) groups excluding carboxylic acids is 2. The van der Waals surface area contributed by atoms with Crippen LogP contribution in [0.3, 0.4) is 0 Å². The molecule has 0 fully saturated rings. The topological polar surface area (TPSA) is 116 Å². The van der Waals surface area contributed by atoms with E-state index in [4.69, 9.17) is 4.74 Å². The third-order valence-corrected chi connectivity index (χ3v) is 4.53. The van der Waals surface area contributed by atoms with Crippen molar-refractivity contribution in [2.45, 2.75) is 38.5 Å². The Hall–Kier alpha value is -3.44. The number of benzene rings is 1. The minimum Gasteiger partial charge on any atom is -0.485 e. The van der Waals surface area contributed by atoms with Crippen LogP contribution < -0.4 is 10.2 Å². The summed E-state index contributed by atoms with van der Waals surface area (Å²) in [4.78, 5) is 28.9. The van der Waals surface area contributed by atoms with Crippen LogP contribution in [0.5, 0.6) is 5.75 Å². The van der Waals surface area contributed by atoms with Crippen LogP contribution in [0.25, 0.3) is 0 Å². The van der Waals surface area contributed by atoms with Gasteiger partial charge in [-0.1, -0.05) is 0 Å². The predicted molar refractivity (Wildman–Crippen MR) is 98.8 cm³/mol. The minimum atomic E-state index is -1.18. The van der Waals surface area contributed by atoms with Crippen molar-refractivity contribution in [2.75, 3.05) is 0 Å². The Balaban J connectivity index is 2.16. The first kappa shape index (κ1) is 19.3. The number of nitrogens with one attached hydrogen (secondary N) is 1. The summed E-state index contributed by atoms with van der Waals surface area (Å²) >= 11 is 0. The first-order valence-electron chi connectivity index (χ1n) is 8.66. The lowest BCUT2D eigenvalue weighted by Gasteiger charge is -2.45. The van der Waals surface area contributed by atoms with Gasteiger partial charge in [-0.25, -0.2) is 5.01 Å². The van der Waals surface area contributed by atoms with Gasteiger partial charge in [0, 0.05) is 24.9 Å². The van der Waals surface area contributed by atoms with Crippen molar-refractivity contribution in [3.8, 4) is 11.8 Å². The molecule has 2 amide bonds. The molecule has 0 spiro atoms. The maximum absolute atomic E-state index is 13.2. The van der Waals surface area contributed by atoms with Gasteiger partial charge in [0.05, 0.1) is 17.2 Å². The Morgan fingerprint density at radius 1 is 1.36 bits per heavy atom. The lowest BCUT2D eigenvalue weighted by atomic mass is 9.85. The molecule has 1 aromatic carbocycles. The van der Waals surface area contributed by atoms with Crippen LogP contribution in [0.2, 0.25) is 0 Å². The molecule has 2 unspecified atom stereocenters. The van der Waals surface area contributed by atoms with Crippen LogP contribution in [0.4, 0.5) is 0 Å². The maximum Gasteiger partial charge on any atom is 0.274 e. The summed E-state index contributed by atoms with van der Waals surface area (Å²) in [5.41, 5.74) is 2.48. The molecule has 144 valence electrons. The zero-order valence-electron chi connectivity index (χ0n) is 15.7. The van der Waals surface area contributed by atoms with E-state index in [-0.39, 0.29) is 5.56 Å². The Labute approximate surface area is 162 Å². The van der Waals surface area contributed by atoms with Gasteiger partial charge in [0.2, 0.25) is 5.91 Å². The monoisotopic (exact) mass is 380 g/mol. The van der Waals surface area contributed by atoms with E-state index in [1.54, 1.807) is 44.2 Å². The number of aromatic nitrogens is 1. The molecule has 0 aliphatic carbocycles. The van der Waals surface area contributed by atoms with Crippen molar-refractivity contribution >= 4 is 11.8 Å². The second-order valence-corrected chi connectivity index (χ2v) is 7.04. The number of aliphatic hydroxyl groups is 1. The lowest BCUT2D eigenvalue weighted by Crippen LogP contribution is -2.58. The number of rotatable bonds is 2. The number of nitrogens with zero attached hydrogens (tertiary/aromatic N) is 3. The van der Waals surface area contributed by atoms with Crippen LogP contribution in [-0.2, 0) is 4.79 Å². The summed E-state index contributed by atoms with van der Waals surface area (Å²) in [5, 5.41) is 21.3. The number of hydrogen-bond donors (Lipinski definition) is 2. The quantitative estimate of drug-likeness (QED) is 0.767. The van der Waals surface area contributed by atoms with E-state index in [2.05, 4.69) is 10.4 Å². The van der Waals surface area contributed by atoms with E-state index >= 15 is 0 Å². The van der Waals surface area contributed by atoms with Crippen LogP contribution in [0, 0.1) is 11.3 Å². The van der Waals surface area contributed by atoms with Crippen LogP contribution in [0.1, 0.15) is 48.3 Å². The van der Waals surface area contributed by atoms with Gasteiger partial charge < -0.3 is 9.84 Å². The largest absolute Gasteiger partial charge is 0.485 e. The summed E-state index contributed by atoms with van der Waals surface area (Å²) in [6, 6.07) is 8.99. The number of fused-ring (bicyclic) bond motifs is 1. The van der Waals surface area contributed by atoms with E-state index in [1.807, 2.05) is 6.07 Å². The Morgan fingerprint density at radius 3 is 2.71 bits per heavy atom. The molecule has 2 aromatic rings. The zero-order chi connectivity index (χ0) is 20.5. The lowest BCUT2D eigenvalue weighted by molar-refractivity contribution is -0.129. The minimum absolute atomic E-state index is 0.241. The summed E-state index contributed by atoms with van der Waals surface area (Å²) in [5.74, 6) is -0.598. The van der Waals surface area contributed by atoms with Gasteiger partial charge in [0.15, 0.2) is 0 Å². The third kappa shape index (κ3) is 3.52. The predicted octanol–water partition coefficient (Wildman–Crippen LogP) is 1.72. The number of ether oxygens (including phenoxy) is 1. The highest BCUT2D eigenvalue weighted by Crippen LogP contribution is 2.43. The van der Waals surface area contributed by atoms with Crippen molar-refractivity contribution in [3.05, 3.63) is 59.4 Å². The molecule has 0 radical (unpaired) electrons. The van der Waals surface area contributed by atoms with Gasteiger partial charge in [-0.2, -0.15) is 5.26 Å². The van der Waals surface area contributed by atoms with E-state index in [9.17, 15) is 20.0 Å². The van der Waals surface area contributed by atoms with Crippen LogP contribution >= 0.6 is 0 Å². The molecule has 1 aliphatic rings. The van der Waals surface area contributed by atoms with Crippen molar-refractivity contribution in [3.63, 3.8) is 0 Å². The fourth-order valence-corrected chi connectivity index (χ4v) is 3.16. The van der Waals surface area contributed by atoms with Gasteiger partial charge in [0.1, 0.15) is 23.5 Å². The number of carbonyl (C=O) groups is 2. The molecule has 2 N–H and O–H groups in total. The fourth-order valence-electron chi connectivity index (χ4n) is 3.16.